The molecule has 0 saturated heterocycles. The van der Waals surface area contributed by atoms with Crippen molar-refractivity contribution in [3.63, 3.8) is 0 Å². The zero-order valence-electron chi connectivity index (χ0n) is 12.3. The highest BCUT2D eigenvalue weighted by atomic mass is 32.1. The summed E-state index contributed by atoms with van der Waals surface area (Å²) in [6.45, 7) is 6.26. The molecule has 3 nitrogen and oxygen atoms in total. The molecule has 3 rings (SSSR count). The molecule has 3 aromatic rings. The zero-order valence-corrected chi connectivity index (χ0v) is 13.2. The van der Waals surface area contributed by atoms with Gasteiger partial charge in [-0.25, -0.2) is 0 Å². The van der Waals surface area contributed by atoms with Gasteiger partial charge in [0.05, 0.1) is 5.69 Å². The van der Waals surface area contributed by atoms with Crippen LogP contribution in [0.1, 0.15) is 16.7 Å². The highest BCUT2D eigenvalue weighted by Gasteiger charge is 2.12. The van der Waals surface area contributed by atoms with Gasteiger partial charge in [0.2, 0.25) is 0 Å². The van der Waals surface area contributed by atoms with Crippen molar-refractivity contribution in [3.05, 3.63) is 63.9 Å². The van der Waals surface area contributed by atoms with Crippen LogP contribution in [0.2, 0.25) is 0 Å². The number of aryl methyl sites for hydroxylation is 3. The Bertz CT molecular complexity index is 838. The van der Waals surface area contributed by atoms with Gasteiger partial charge in [0.15, 0.2) is 10.6 Å². The number of aromatic amines is 1. The van der Waals surface area contributed by atoms with E-state index in [4.69, 9.17) is 12.2 Å². The Morgan fingerprint density at radius 1 is 1.00 bits per heavy atom. The Balaban J connectivity index is 2.27. The number of nitrogens with one attached hydrogen (secondary N) is 1. The summed E-state index contributed by atoms with van der Waals surface area (Å²) >= 11 is 5.43. The summed E-state index contributed by atoms with van der Waals surface area (Å²) < 4.78 is 2.61. The second-order valence-corrected chi connectivity index (χ2v) is 5.74. The van der Waals surface area contributed by atoms with Crippen molar-refractivity contribution in [2.75, 3.05) is 0 Å². The summed E-state index contributed by atoms with van der Waals surface area (Å²) in [5.41, 5.74) is 5.73. The molecule has 0 spiro atoms. The van der Waals surface area contributed by atoms with E-state index >= 15 is 0 Å². The molecular weight excluding hydrogens is 278 g/mol. The quantitative estimate of drug-likeness (QED) is 0.705. The molecule has 1 heterocycles. The van der Waals surface area contributed by atoms with Gasteiger partial charge in [-0.2, -0.15) is 5.10 Å². The third-order valence-corrected chi connectivity index (χ3v) is 3.80. The highest BCUT2D eigenvalue weighted by Crippen LogP contribution is 2.25. The van der Waals surface area contributed by atoms with E-state index in [-0.39, 0.29) is 0 Å². The minimum Gasteiger partial charge on any atom is -0.268 e. The zero-order chi connectivity index (χ0) is 15.0. The second-order valence-electron chi connectivity index (χ2n) is 5.35. The third-order valence-electron chi connectivity index (χ3n) is 3.52. The van der Waals surface area contributed by atoms with Crippen LogP contribution in [-0.2, 0) is 0 Å². The van der Waals surface area contributed by atoms with Crippen molar-refractivity contribution >= 4 is 12.2 Å². The fourth-order valence-electron chi connectivity index (χ4n) is 2.62. The molecule has 0 unspecified atom stereocenters. The van der Waals surface area contributed by atoms with Crippen LogP contribution in [0.3, 0.4) is 0 Å². The number of rotatable bonds is 2. The van der Waals surface area contributed by atoms with Gasteiger partial charge >= 0.3 is 0 Å². The maximum Gasteiger partial charge on any atom is 0.200 e. The number of H-pyrrole nitrogens is 1. The van der Waals surface area contributed by atoms with Crippen LogP contribution in [-0.4, -0.2) is 14.8 Å². The number of nitrogens with zero attached hydrogens (tertiary/aromatic N) is 2. The molecule has 0 saturated carbocycles. The van der Waals surface area contributed by atoms with Gasteiger partial charge in [-0.3, -0.25) is 9.67 Å². The summed E-state index contributed by atoms with van der Waals surface area (Å²) in [6, 6.07) is 14.6. The highest BCUT2D eigenvalue weighted by molar-refractivity contribution is 7.71. The molecule has 0 atom stereocenters. The lowest BCUT2D eigenvalue weighted by molar-refractivity contribution is 1.03. The van der Waals surface area contributed by atoms with Gasteiger partial charge in [0.25, 0.3) is 0 Å². The summed E-state index contributed by atoms with van der Waals surface area (Å²) in [6.07, 6.45) is 0. The lowest BCUT2D eigenvalue weighted by Crippen LogP contribution is -2.00. The molecule has 0 fully saturated rings. The fraction of sp³-hybridized carbons (Fsp3) is 0.176. The first-order valence-corrected chi connectivity index (χ1v) is 7.29. The molecule has 0 aliphatic carbocycles. The Morgan fingerprint density at radius 3 is 2.33 bits per heavy atom. The van der Waals surface area contributed by atoms with Gasteiger partial charge in [-0.1, -0.05) is 30.3 Å². The number of hydrogen-bond acceptors (Lipinski definition) is 2. The number of hydrogen-bond donors (Lipinski definition) is 1. The monoisotopic (exact) mass is 295 g/mol. The molecule has 2 aromatic carbocycles. The van der Waals surface area contributed by atoms with Gasteiger partial charge in [-0.15, -0.1) is 0 Å². The molecular formula is C17H17N3S. The van der Waals surface area contributed by atoms with Gasteiger partial charge < -0.3 is 0 Å². The largest absolute Gasteiger partial charge is 0.268 e. The minimum atomic E-state index is 0.609. The van der Waals surface area contributed by atoms with Crippen LogP contribution in [0.5, 0.6) is 0 Å². The second kappa shape index (κ2) is 5.30. The molecule has 106 valence electrons. The van der Waals surface area contributed by atoms with E-state index in [2.05, 4.69) is 61.3 Å². The minimum absolute atomic E-state index is 0.609. The summed E-state index contributed by atoms with van der Waals surface area (Å²) in [5.74, 6) is 0.850. The number of aromatic nitrogens is 3. The Kier molecular flexibility index (Phi) is 3.47. The first-order valence-electron chi connectivity index (χ1n) is 6.88. The van der Waals surface area contributed by atoms with Crippen molar-refractivity contribution < 1.29 is 0 Å². The normalized spacial score (nSPS) is 10.8. The van der Waals surface area contributed by atoms with Gasteiger partial charge in [-0.05, 0) is 61.8 Å². The average Bonchev–Trinajstić information content (AvgIpc) is 2.80. The SMILES string of the molecule is Cc1cc(C)cc(-n2c(-c3ccccc3C)n[nH]c2=S)c1. The van der Waals surface area contributed by atoms with E-state index < -0.39 is 0 Å². The molecule has 21 heavy (non-hydrogen) atoms. The van der Waals surface area contributed by atoms with Crippen LogP contribution in [0.4, 0.5) is 0 Å². The molecule has 0 aliphatic heterocycles. The maximum atomic E-state index is 5.43. The van der Waals surface area contributed by atoms with E-state index in [9.17, 15) is 0 Å². The van der Waals surface area contributed by atoms with Gasteiger partial charge in [0, 0.05) is 5.56 Å². The lowest BCUT2D eigenvalue weighted by Gasteiger charge is -2.10. The molecule has 0 radical (unpaired) electrons. The molecule has 1 aromatic heterocycles. The predicted molar refractivity (Wildman–Crippen MR) is 88.4 cm³/mol. The van der Waals surface area contributed by atoms with Crippen molar-refractivity contribution in [3.8, 4) is 17.1 Å². The van der Waals surface area contributed by atoms with Crippen LogP contribution in [0, 0.1) is 25.5 Å². The van der Waals surface area contributed by atoms with Crippen LogP contribution >= 0.6 is 12.2 Å². The molecule has 4 heteroatoms. The van der Waals surface area contributed by atoms with Crippen molar-refractivity contribution in [1.29, 1.82) is 0 Å². The van der Waals surface area contributed by atoms with Crippen molar-refractivity contribution in [2.45, 2.75) is 20.8 Å². The maximum absolute atomic E-state index is 5.43. The summed E-state index contributed by atoms with van der Waals surface area (Å²) in [4.78, 5) is 0. The standard InChI is InChI=1S/C17H17N3S/c1-11-8-12(2)10-14(9-11)20-16(18-19-17(20)21)15-7-5-4-6-13(15)3/h4-10H,1-3H3,(H,19,21). The van der Waals surface area contributed by atoms with Crippen molar-refractivity contribution in [2.24, 2.45) is 0 Å². The van der Waals surface area contributed by atoms with Crippen LogP contribution in [0.25, 0.3) is 17.1 Å². The smallest absolute Gasteiger partial charge is 0.200 e. The first kappa shape index (κ1) is 13.8. The van der Waals surface area contributed by atoms with Crippen LogP contribution < -0.4 is 0 Å². The van der Waals surface area contributed by atoms with Crippen LogP contribution in [0.15, 0.2) is 42.5 Å². The van der Waals surface area contributed by atoms with Gasteiger partial charge in [0.1, 0.15) is 0 Å². The number of benzene rings is 2. The Hall–Kier alpha value is -2.20. The first-order chi connectivity index (χ1) is 10.1. The van der Waals surface area contributed by atoms with E-state index in [1.807, 2.05) is 16.7 Å². The molecule has 0 aliphatic rings. The summed E-state index contributed by atoms with van der Waals surface area (Å²) in [7, 11) is 0. The molecule has 1 N–H and O–H groups in total. The predicted octanol–water partition coefficient (Wildman–Crippen LogP) is 4.52. The third kappa shape index (κ3) is 2.54. The molecule has 0 bridgehead atoms. The fourth-order valence-corrected chi connectivity index (χ4v) is 2.86. The molecule has 0 amide bonds. The van der Waals surface area contributed by atoms with E-state index in [1.165, 1.54) is 16.7 Å². The topological polar surface area (TPSA) is 33.6 Å². The average molecular weight is 295 g/mol. The lowest BCUT2D eigenvalue weighted by atomic mass is 10.1. The van der Waals surface area contributed by atoms with E-state index in [0.29, 0.717) is 4.77 Å². The van der Waals surface area contributed by atoms with E-state index in [0.717, 1.165) is 17.1 Å². The van der Waals surface area contributed by atoms with Crippen molar-refractivity contribution in [1.82, 2.24) is 14.8 Å². The Morgan fingerprint density at radius 2 is 1.67 bits per heavy atom. The summed E-state index contributed by atoms with van der Waals surface area (Å²) in [5, 5.41) is 7.34. The Labute approximate surface area is 129 Å². The van der Waals surface area contributed by atoms with E-state index in [1.54, 1.807) is 0 Å².